The molecule has 0 bridgehead atoms. The second kappa shape index (κ2) is 9.99. The molecule has 168 valence electrons. The van der Waals surface area contributed by atoms with Gasteiger partial charge in [0.15, 0.2) is 0 Å². The molecule has 0 atom stereocenters. The summed E-state index contributed by atoms with van der Waals surface area (Å²) >= 11 is 15.9. The molecular formula is C27H22BrCl2O2P. The molecule has 0 amide bonds. The molecule has 0 aromatic heterocycles. The first kappa shape index (κ1) is 24.0. The van der Waals surface area contributed by atoms with Crippen molar-refractivity contribution in [3.63, 3.8) is 0 Å². The Morgan fingerprint density at radius 3 is 1.52 bits per heavy atom. The normalized spacial score (nSPS) is 12.7. The number of halogens is 3. The molecule has 6 heteroatoms. The van der Waals surface area contributed by atoms with Crippen LogP contribution < -0.4 is 15.9 Å². The molecule has 4 aromatic rings. The Labute approximate surface area is 212 Å². The van der Waals surface area contributed by atoms with Gasteiger partial charge in [0.05, 0.1) is 0 Å². The monoisotopic (exact) mass is 558 g/mol. The van der Waals surface area contributed by atoms with Crippen LogP contribution in [0.15, 0.2) is 115 Å². The SMILES string of the molecule is O=C(OC(Cl)Cl)c1ccccc1CP(Br)(c1ccccc1)(c1ccccc1)c1ccccc1. The zero-order chi connectivity index (χ0) is 23.3. The summed E-state index contributed by atoms with van der Waals surface area (Å²) in [6.07, 6.45) is 0.560. The Bertz CT molecular complexity index is 1140. The average Bonchev–Trinajstić information content (AvgIpc) is 2.85. The van der Waals surface area contributed by atoms with Crippen molar-refractivity contribution < 1.29 is 9.53 Å². The van der Waals surface area contributed by atoms with Gasteiger partial charge in [-0.05, 0) is 0 Å². The van der Waals surface area contributed by atoms with Gasteiger partial charge in [-0.2, -0.15) is 0 Å². The summed E-state index contributed by atoms with van der Waals surface area (Å²) in [5.74, 6) is -0.549. The van der Waals surface area contributed by atoms with Gasteiger partial charge in [0.25, 0.3) is 0 Å². The summed E-state index contributed by atoms with van der Waals surface area (Å²) in [6.45, 7) is 0. The number of carbonyl (C=O) groups is 1. The Kier molecular flexibility index (Phi) is 7.26. The third kappa shape index (κ3) is 4.61. The molecule has 0 heterocycles. The minimum absolute atomic E-state index is 0.444. The number of carbonyl (C=O) groups excluding carboxylic acids is 1. The Balaban J connectivity index is 2.03. The summed E-state index contributed by atoms with van der Waals surface area (Å²) in [5.41, 5.74) is 1.29. The first-order valence-corrected chi connectivity index (χ1v) is 15.7. The molecule has 0 spiro atoms. The second-order valence-corrected chi connectivity index (χ2v) is 17.6. The first-order chi connectivity index (χ1) is 15.9. The molecular weight excluding hydrogens is 538 g/mol. The van der Waals surface area contributed by atoms with E-state index in [-0.39, 0.29) is 0 Å². The van der Waals surface area contributed by atoms with Gasteiger partial charge in [-0.1, -0.05) is 0 Å². The number of benzene rings is 4. The van der Waals surface area contributed by atoms with Crippen molar-refractivity contribution in [2.24, 2.45) is 0 Å². The predicted octanol–water partition coefficient (Wildman–Crippen LogP) is 6.94. The summed E-state index contributed by atoms with van der Waals surface area (Å²) in [7, 11) is 0. The molecule has 0 radical (unpaired) electrons. The molecule has 0 saturated carbocycles. The fourth-order valence-corrected chi connectivity index (χ4v) is 12.1. The van der Waals surface area contributed by atoms with Gasteiger partial charge in [0.1, 0.15) is 0 Å². The van der Waals surface area contributed by atoms with Crippen LogP contribution in [0, 0.1) is 0 Å². The van der Waals surface area contributed by atoms with Gasteiger partial charge in [-0.25, -0.2) is 0 Å². The Morgan fingerprint density at radius 2 is 1.09 bits per heavy atom. The number of esters is 1. The van der Waals surface area contributed by atoms with E-state index >= 15 is 0 Å². The maximum atomic E-state index is 12.9. The number of rotatable bonds is 7. The van der Waals surface area contributed by atoms with Crippen molar-refractivity contribution in [1.29, 1.82) is 0 Å². The Morgan fingerprint density at radius 1 is 0.697 bits per heavy atom. The number of ether oxygens (including phenoxy) is 1. The molecule has 33 heavy (non-hydrogen) atoms. The van der Waals surface area contributed by atoms with E-state index in [0.717, 1.165) is 21.5 Å². The van der Waals surface area contributed by atoms with E-state index in [1.807, 2.05) is 36.4 Å². The van der Waals surface area contributed by atoms with E-state index in [1.54, 1.807) is 6.07 Å². The standard InChI is InChI=1S/C27H22BrCl2O2P/c28-33(22-13-4-1-5-14-22,23-15-6-2-7-16-23,24-17-8-3-9-18-24)20-21-12-10-11-19-25(21)26(31)32-27(29)30/h1-19,27H,20H2. The Hall–Kier alpha value is -2.16. The summed E-state index contributed by atoms with van der Waals surface area (Å²) < 4.78 is 5.13. The van der Waals surface area contributed by atoms with Gasteiger partial charge in [0, 0.05) is 0 Å². The van der Waals surface area contributed by atoms with Gasteiger partial charge >= 0.3 is 213 Å². The van der Waals surface area contributed by atoms with E-state index in [2.05, 4.69) is 88.3 Å². The first-order valence-electron chi connectivity index (χ1n) is 10.4. The van der Waals surface area contributed by atoms with Crippen LogP contribution in [0.5, 0.6) is 0 Å². The maximum absolute atomic E-state index is 12.9. The van der Waals surface area contributed by atoms with Gasteiger partial charge < -0.3 is 0 Å². The molecule has 4 aromatic carbocycles. The van der Waals surface area contributed by atoms with E-state index in [1.165, 1.54) is 0 Å². The fraction of sp³-hybridized carbons (Fsp3) is 0.0741. The molecule has 0 aliphatic rings. The molecule has 0 N–H and O–H groups in total. The molecule has 0 fully saturated rings. The topological polar surface area (TPSA) is 26.3 Å². The summed E-state index contributed by atoms with van der Waals surface area (Å²) in [5, 5.41) is -1.01. The van der Waals surface area contributed by atoms with Crippen molar-refractivity contribution in [2.75, 3.05) is 0 Å². The van der Waals surface area contributed by atoms with Crippen molar-refractivity contribution in [3.05, 3.63) is 126 Å². The van der Waals surface area contributed by atoms with Crippen molar-refractivity contribution in [2.45, 2.75) is 11.2 Å². The van der Waals surface area contributed by atoms with Gasteiger partial charge in [-0.3, -0.25) is 0 Å². The van der Waals surface area contributed by atoms with Crippen LogP contribution in [0.3, 0.4) is 0 Å². The molecule has 4 rings (SSSR count). The van der Waals surface area contributed by atoms with Gasteiger partial charge in [-0.15, -0.1) is 0 Å². The zero-order valence-electron chi connectivity index (χ0n) is 17.7. The van der Waals surface area contributed by atoms with Crippen molar-refractivity contribution in [1.82, 2.24) is 0 Å². The van der Waals surface area contributed by atoms with Crippen LogP contribution >= 0.6 is 44.0 Å². The summed E-state index contributed by atoms with van der Waals surface area (Å²) in [4.78, 5) is 12.9. The molecule has 0 saturated heterocycles. The van der Waals surface area contributed by atoms with E-state index in [9.17, 15) is 4.79 Å². The van der Waals surface area contributed by atoms with Crippen LogP contribution in [-0.2, 0) is 10.9 Å². The summed E-state index contributed by atoms with van der Waals surface area (Å²) in [6, 6.07) is 38.7. The average molecular weight is 560 g/mol. The number of hydrogen-bond acceptors (Lipinski definition) is 2. The van der Waals surface area contributed by atoms with Crippen LogP contribution in [0.4, 0.5) is 0 Å². The minimum atomic E-state index is -3.26. The van der Waals surface area contributed by atoms with Crippen molar-refractivity contribution in [3.8, 4) is 0 Å². The molecule has 0 unspecified atom stereocenters. The van der Waals surface area contributed by atoms with Crippen LogP contribution in [0.1, 0.15) is 15.9 Å². The van der Waals surface area contributed by atoms with E-state index in [0.29, 0.717) is 11.7 Å². The number of alkyl halides is 2. The molecule has 2 nitrogen and oxygen atoms in total. The van der Waals surface area contributed by atoms with Crippen LogP contribution in [-0.4, -0.2) is 11.0 Å². The van der Waals surface area contributed by atoms with Crippen molar-refractivity contribution >= 4 is 65.9 Å². The fourth-order valence-electron chi connectivity index (χ4n) is 4.26. The number of hydrogen-bond donors (Lipinski definition) is 0. The van der Waals surface area contributed by atoms with Crippen LogP contribution in [0.25, 0.3) is 0 Å². The predicted molar refractivity (Wildman–Crippen MR) is 145 cm³/mol. The third-order valence-corrected chi connectivity index (χ3v) is 15.5. The van der Waals surface area contributed by atoms with E-state index in [4.69, 9.17) is 27.9 Å². The molecule has 0 aliphatic heterocycles. The zero-order valence-corrected chi connectivity index (χ0v) is 21.6. The third-order valence-electron chi connectivity index (χ3n) is 5.78. The van der Waals surface area contributed by atoms with Gasteiger partial charge in [0.2, 0.25) is 0 Å². The molecule has 0 aliphatic carbocycles. The van der Waals surface area contributed by atoms with Crippen LogP contribution in [0.2, 0.25) is 0 Å². The van der Waals surface area contributed by atoms with E-state index < -0.39 is 16.3 Å². The quantitative estimate of drug-likeness (QED) is 0.139. The second-order valence-electron chi connectivity index (χ2n) is 7.67.